The third-order valence-corrected chi connectivity index (χ3v) is 4.28. The molecule has 1 heterocycles. The first-order chi connectivity index (χ1) is 8.86. The lowest BCUT2D eigenvalue weighted by atomic mass is 9.87. The van der Waals surface area contributed by atoms with Gasteiger partial charge in [-0.1, -0.05) is 25.0 Å². The Labute approximate surface area is 114 Å². The first kappa shape index (κ1) is 14.3. The topological polar surface area (TPSA) is 64.8 Å². The molecule has 1 aliphatic heterocycles. The van der Waals surface area contributed by atoms with Crippen LogP contribution in [0.1, 0.15) is 37.3 Å². The van der Waals surface area contributed by atoms with Gasteiger partial charge in [0.25, 0.3) is 0 Å². The fraction of sp³-hybridized carbons (Fsp3) is 0.600. The summed E-state index contributed by atoms with van der Waals surface area (Å²) in [4.78, 5) is 0. The summed E-state index contributed by atoms with van der Waals surface area (Å²) < 4.78 is 5.21. The second-order valence-corrected chi connectivity index (χ2v) is 5.40. The van der Waals surface area contributed by atoms with Crippen molar-refractivity contribution in [3.8, 4) is 5.75 Å². The zero-order valence-corrected chi connectivity index (χ0v) is 11.5. The van der Waals surface area contributed by atoms with E-state index in [9.17, 15) is 0 Å². The van der Waals surface area contributed by atoms with Crippen LogP contribution in [-0.4, -0.2) is 31.2 Å². The minimum absolute atomic E-state index is 0. The van der Waals surface area contributed by atoms with Gasteiger partial charge in [0.05, 0.1) is 7.11 Å². The van der Waals surface area contributed by atoms with Crippen LogP contribution in [-0.2, 0) is 0 Å². The third kappa shape index (κ3) is 3.08. The van der Waals surface area contributed by atoms with Crippen molar-refractivity contribution in [1.29, 1.82) is 0 Å². The van der Waals surface area contributed by atoms with Crippen molar-refractivity contribution in [2.45, 2.75) is 43.8 Å². The largest absolute Gasteiger partial charge is 0.497 e. The molecule has 0 aromatic heterocycles. The first-order valence-corrected chi connectivity index (χ1v) is 7.00. The summed E-state index contributed by atoms with van der Waals surface area (Å²) >= 11 is 0. The molecule has 4 N–H and O–H groups in total. The molecule has 0 bridgehead atoms. The molecule has 0 radical (unpaired) electrons. The van der Waals surface area contributed by atoms with Crippen LogP contribution in [0.25, 0.3) is 0 Å². The maximum absolute atomic E-state index is 5.21. The van der Waals surface area contributed by atoms with Crippen LogP contribution in [0.2, 0.25) is 0 Å². The Morgan fingerprint density at radius 3 is 2.42 bits per heavy atom. The van der Waals surface area contributed by atoms with Crippen LogP contribution in [0.15, 0.2) is 24.3 Å². The number of methoxy groups -OCH3 is 1. The van der Waals surface area contributed by atoms with E-state index < -0.39 is 0 Å². The summed E-state index contributed by atoms with van der Waals surface area (Å²) in [6.07, 6.45) is 5.38. The fourth-order valence-electron chi connectivity index (χ4n) is 3.21. The van der Waals surface area contributed by atoms with E-state index in [-0.39, 0.29) is 5.48 Å². The lowest BCUT2D eigenvalue weighted by Gasteiger charge is -2.41. The molecule has 1 aromatic carbocycles. The Bertz CT molecular complexity index is 394. The molecule has 2 aliphatic rings. The Morgan fingerprint density at radius 1 is 1.05 bits per heavy atom. The van der Waals surface area contributed by atoms with E-state index in [4.69, 9.17) is 4.74 Å². The highest BCUT2D eigenvalue weighted by Gasteiger charge is 2.31. The second-order valence-electron chi connectivity index (χ2n) is 5.40. The molecule has 1 saturated heterocycles. The van der Waals surface area contributed by atoms with Crippen LogP contribution < -0.4 is 15.4 Å². The van der Waals surface area contributed by atoms with Gasteiger partial charge in [0.1, 0.15) is 5.75 Å². The van der Waals surface area contributed by atoms with E-state index in [1.54, 1.807) is 7.11 Å². The lowest BCUT2D eigenvalue weighted by Crippen LogP contribution is -2.58. The van der Waals surface area contributed by atoms with Gasteiger partial charge < -0.3 is 20.8 Å². The Balaban J connectivity index is 0.00000133. The van der Waals surface area contributed by atoms with E-state index >= 15 is 0 Å². The molecule has 1 aromatic rings. The minimum Gasteiger partial charge on any atom is -0.497 e. The van der Waals surface area contributed by atoms with Crippen molar-refractivity contribution in [2.24, 2.45) is 0 Å². The van der Waals surface area contributed by atoms with Gasteiger partial charge in [-0.3, -0.25) is 0 Å². The predicted octanol–water partition coefficient (Wildman–Crippen LogP) is 1.42. The number of benzene rings is 1. The summed E-state index contributed by atoms with van der Waals surface area (Å²) in [5.41, 5.74) is 1.35. The van der Waals surface area contributed by atoms with Gasteiger partial charge in [-0.2, -0.15) is 0 Å². The standard InChI is InChI=1S/C15H22N2O.H2O/c1-18-12-8-6-11(7-9-12)15-10-16-13-4-2-3-5-14(13)17-15;/h6-9,13-17H,2-5,10H2,1H3;1H2. The van der Waals surface area contributed by atoms with Gasteiger partial charge in [-0.15, -0.1) is 0 Å². The summed E-state index contributed by atoms with van der Waals surface area (Å²) in [6.45, 7) is 1.04. The molecule has 4 nitrogen and oxygen atoms in total. The van der Waals surface area contributed by atoms with Crippen LogP contribution in [0.4, 0.5) is 0 Å². The summed E-state index contributed by atoms with van der Waals surface area (Å²) in [5.74, 6) is 0.929. The van der Waals surface area contributed by atoms with Gasteiger partial charge in [0.2, 0.25) is 0 Å². The van der Waals surface area contributed by atoms with Gasteiger partial charge in [-0.25, -0.2) is 0 Å². The fourth-order valence-corrected chi connectivity index (χ4v) is 3.21. The molecule has 3 unspecified atom stereocenters. The van der Waals surface area contributed by atoms with Crippen molar-refractivity contribution in [1.82, 2.24) is 10.6 Å². The number of fused-ring (bicyclic) bond motifs is 1. The van der Waals surface area contributed by atoms with E-state index in [1.807, 2.05) is 12.1 Å². The highest BCUT2D eigenvalue weighted by molar-refractivity contribution is 5.29. The molecular formula is C15H24N2O2. The average molecular weight is 264 g/mol. The quantitative estimate of drug-likeness (QED) is 0.849. The second kappa shape index (κ2) is 6.37. The molecule has 2 fully saturated rings. The Hall–Kier alpha value is -1.10. The van der Waals surface area contributed by atoms with Gasteiger partial charge in [-0.05, 0) is 30.5 Å². The van der Waals surface area contributed by atoms with Crippen molar-refractivity contribution in [3.63, 3.8) is 0 Å². The molecule has 4 heteroatoms. The normalized spacial score (nSPS) is 30.1. The lowest BCUT2D eigenvalue weighted by molar-refractivity contribution is 0.213. The molecule has 1 saturated carbocycles. The van der Waals surface area contributed by atoms with Gasteiger partial charge in [0, 0.05) is 24.7 Å². The van der Waals surface area contributed by atoms with E-state index in [1.165, 1.54) is 31.2 Å². The number of piperazine rings is 1. The highest BCUT2D eigenvalue weighted by atomic mass is 16.5. The number of hydrogen-bond acceptors (Lipinski definition) is 3. The third-order valence-electron chi connectivity index (χ3n) is 4.28. The molecule has 106 valence electrons. The number of nitrogens with one attached hydrogen (secondary N) is 2. The van der Waals surface area contributed by atoms with E-state index in [0.717, 1.165) is 12.3 Å². The predicted molar refractivity (Wildman–Crippen MR) is 76.5 cm³/mol. The molecule has 1 aliphatic carbocycles. The van der Waals surface area contributed by atoms with E-state index in [2.05, 4.69) is 22.8 Å². The maximum atomic E-state index is 5.21. The zero-order chi connectivity index (χ0) is 12.4. The number of hydrogen-bond donors (Lipinski definition) is 2. The minimum atomic E-state index is 0. The van der Waals surface area contributed by atoms with Crippen LogP contribution in [0.5, 0.6) is 5.75 Å². The van der Waals surface area contributed by atoms with Crippen molar-refractivity contribution < 1.29 is 10.2 Å². The number of rotatable bonds is 2. The monoisotopic (exact) mass is 264 g/mol. The number of ether oxygens (including phenoxy) is 1. The molecule has 3 atom stereocenters. The van der Waals surface area contributed by atoms with E-state index in [0.29, 0.717) is 18.1 Å². The molecule has 19 heavy (non-hydrogen) atoms. The molecule has 3 rings (SSSR count). The van der Waals surface area contributed by atoms with Crippen molar-refractivity contribution in [3.05, 3.63) is 29.8 Å². The molecule has 0 amide bonds. The van der Waals surface area contributed by atoms with Gasteiger partial charge >= 0.3 is 0 Å². The summed E-state index contributed by atoms with van der Waals surface area (Å²) in [5, 5.41) is 7.51. The van der Waals surface area contributed by atoms with Crippen LogP contribution in [0.3, 0.4) is 0 Å². The van der Waals surface area contributed by atoms with Crippen molar-refractivity contribution in [2.75, 3.05) is 13.7 Å². The van der Waals surface area contributed by atoms with Crippen molar-refractivity contribution >= 4 is 0 Å². The van der Waals surface area contributed by atoms with Crippen LogP contribution >= 0.6 is 0 Å². The average Bonchev–Trinajstić information content (AvgIpc) is 2.47. The zero-order valence-electron chi connectivity index (χ0n) is 11.5. The summed E-state index contributed by atoms with van der Waals surface area (Å²) in [6, 6.07) is 10.2. The van der Waals surface area contributed by atoms with Crippen LogP contribution in [0, 0.1) is 0 Å². The summed E-state index contributed by atoms with van der Waals surface area (Å²) in [7, 11) is 1.71. The Morgan fingerprint density at radius 2 is 1.74 bits per heavy atom. The molecule has 0 spiro atoms. The SMILES string of the molecule is COc1ccc(C2CNC3CCCCC3N2)cc1.O. The van der Waals surface area contributed by atoms with Gasteiger partial charge in [0.15, 0.2) is 0 Å². The molecular weight excluding hydrogens is 240 g/mol. The first-order valence-electron chi connectivity index (χ1n) is 7.00. The highest BCUT2D eigenvalue weighted by Crippen LogP contribution is 2.26. The Kier molecular flexibility index (Phi) is 4.80. The maximum Gasteiger partial charge on any atom is 0.118 e. The smallest absolute Gasteiger partial charge is 0.118 e.